The van der Waals surface area contributed by atoms with Gasteiger partial charge < -0.3 is 15.2 Å². The molecule has 4 nitrogen and oxygen atoms in total. The van der Waals surface area contributed by atoms with Crippen LogP contribution in [0.25, 0.3) is 0 Å². The van der Waals surface area contributed by atoms with Crippen LogP contribution in [0.15, 0.2) is 12.2 Å². The number of allylic oxidation sites excluding steroid dienone is 1. The zero-order chi connectivity index (χ0) is 11.4. The summed E-state index contributed by atoms with van der Waals surface area (Å²) < 4.78 is 5.26. The van der Waals surface area contributed by atoms with Crippen molar-refractivity contribution in [3.8, 4) is 0 Å². The summed E-state index contributed by atoms with van der Waals surface area (Å²) in [5.41, 5.74) is -0.0931. The molecule has 1 saturated heterocycles. The smallest absolute Gasteiger partial charge is 0.408 e. The Kier molecular flexibility index (Phi) is 3.49. The van der Waals surface area contributed by atoms with E-state index in [4.69, 9.17) is 9.84 Å². The quantitative estimate of drug-likeness (QED) is 0.553. The number of amides is 1. The van der Waals surface area contributed by atoms with Crippen LogP contribution in [-0.4, -0.2) is 29.4 Å². The molecule has 2 aliphatic rings. The second-order valence-corrected chi connectivity index (χ2v) is 4.61. The van der Waals surface area contributed by atoms with Gasteiger partial charge in [-0.3, -0.25) is 0 Å². The molecule has 1 amide bonds. The number of carbonyl (C=O) groups excluding carboxylic acids is 1. The highest BCUT2D eigenvalue weighted by molar-refractivity contribution is 5.71. The first-order valence-corrected chi connectivity index (χ1v) is 6.01. The van der Waals surface area contributed by atoms with Gasteiger partial charge in [-0.2, -0.15) is 0 Å². The van der Waals surface area contributed by atoms with Gasteiger partial charge in [-0.1, -0.05) is 12.2 Å². The molecule has 90 valence electrons. The van der Waals surface area contributed by atoms with E-state index in [9.17, 15) is 4.79 Å². The number of carbonyl (C=O) groups is 1. The second kappa shape index (κ2) is 4.87. The molecule has 1 heterocycles. The number of aliphatic hydroxyl groups is 1. The van der Waals surface area contributed by atoms with Crippen LogP contribution in [0.5, 0.6) is 0 Å². The Morgan fingerprint density at radius 3 is 3.25 bits per heavy atom. The first kappa shape index (κ1) is 11.5. The van der Waals surface area contributed by atoms with Gasteiger partial charge in [-0.25, -0.2) is 4.79 Å². The number of nitrogens with one attached hydrogen (secondary N) is 1. The fourth-order valence-electron chi connectivity index (χ4n) is 2.79. The van der Waals surface area contributed by atoms with E-state index in [0.29, 0.717) is 0 Å². The van der Waals surface area contributed by atoms with E-state index in [2.05, 4.69) is 5.32 Å². The molecule has 1 aliphatic heterocycles. The van der Waals surface area contributed by atoms with Gasteiger partial charge in [0.05, 0.1) is 12.1 Å². The van der Waals surface area contributed by atoms with E-state index in [1.807, 2.05) is 6.08 Å². The highest BCUT2D eigenvalue weighted by Gasteiger charge is 2.50. The van der Waals surface area contributed by atoms with Crippen molar-refractivity contribution in [2.24, 2.45) is 0 Å². The number of rotatable bonds is 5. The van der Waals surface area contributed by atoms with E-state index >= 15 is 0 Å². The van der Waals surface area contributed by atoms with Crippen LogP contribution >= 0.6 is 0 Å². The summed E-state index contributed by atoms with van der Waals surface area (Å²) in [6.07, 6.45) is 9.68. The first-order valence-electron chi connectivity index (χ1n) is 6.01. The predicted octanol–water partition coefficient (Wildman–Crippen LogP) is 1.74. The summed E-state index contributed by atoms with van der Waals surface area (Å²) in [6.45, 7) is 0.105. The molecule has 4 heteroatoms. The summed E-state index contributed by atoms with van der Waals surface area (Å²) in [5.74, 6) is 0. The molecule has 0 bridgehead atoms. The van der Waals surface area contributed by atoms with Crippen LogP contribution in [0.3, 0.4) is 0 Å². The molecule has 2 fully saturated rings. The third-order valence-corrected chi connectivity index (χ3v) is 3.57. The van der Waals surface area contributed by atoms with Crippen molar-refractivity contribution in [1.82, 2.24) is 5.32 Å². The normalized spacial score (nSPS) is 32.8. The number of fused-ring (bicyclic) bond motifs is 1. The Morgan fingerprint density at radius 2 is 2.44 bits per heavy atom. The lowest BCUT2D eigenvalue weighted by molar-refractivity contribution is 0.119. The molecule has 0 aromatic carbocycles. The maximum Gasteiger partial charge on any atom is 0.408 e. The SMILES string of the molecule is O=C1N[C@]2(CCC/C=C/CO)CCC[C@@H]2O1. The minimum Gasteiger partial charge on any atom is -0.444 e. The van der Waals surface area contributed by atoms with Crippen molar-refractivity contribution < 1.29 is 14.6 Å². The molecule has 2 N–H and O–H groups in total. The van der Waals surface area contributed by atoms with E-state index in [1.165, 1.54) is 0 Å². The average molecular weight is 225 g/mol. The van der Waals surface area contributed by atoms with Crippen molar-refractivity contribution in [3.05, 3.63) is 12.2 Å². The first-order chi connectivity index (χ1) is 7.77. The molecule has 0 aromatic heterocycles. The van der Waals surface area contributed by atoms with E-state index in [1.54, 1.807) is 6.08 Å². The number of hydrogen-bond donors (Lipinski definition) is 2. The van der Waals surface area contributed by atoms with Crippen molar-refractivity contribution >= 4 is 6.09 Å². The molecule has 2 rings (SSSR count). The fraction of sp³-hybridized carbons (Fsp3) is 0.750. The van der Waals surface area contributed by atoms with Gasteiger partial charge in [-0.05, 0) is 38.5 Å². The van der Waals surface area contributed by atoms with Gasteiger partial charge in [0, 0.05) is 0 Å². The lowest BCUT2D eigenvalue weighted by Gasteiger charge is -2.25. The standard InChI is InChI=1S/C12H19NO3/c14-9-4-2-1-3-7-12-8-5-6-10(12)16-11(15)13-12/h2,4,10,14H,1,3,5-9H2,(H,13,15)/b4-2+/t10-,12+/m0/s1. The summed E-state index contributed by atoms with van der Waals surface area (Å²) in [4.78, 5) is 11.2. The molecule has 0 spiro atoms. The molecule has 16 heavy (non-hydrogen) atoms. The van der Waals surface area contributed by atoms with Crippen LogP contribution in [0, 0.1) is 0 Å². The van der Waals surface area contributed by atoms with Gasteiger partial charge >= 0.3 is 6.09 Å². The highest BCUT2D eigenvalue weighted by Crippen LogP contribution is 2.39. The number of unbranched alkanes of at least 4 members (excludes halogenated alkanes) is 1. The Bertz CT molecular complexity index is 290. The maximum atomic E-state index is 11.2. The molecular formula is C12H19NO3. The van der Waals surface area contributed by atoms with Crippen molar-refractivity contribution in [2.75, 3.05) is 6.61 Å². The lowest BCUT2D eigenvalue weighted by atomic mass is 9.89. The Hall–Kier alpha value is -1.03. The molecule has 2 atom stereocenters. The number of hydrogen-bond acceptors (Lipinski definition) is 3. The maximum absolute atomic E-state index is 11.2. The minimum atomic E-state index is -0.254. The molecule has 0 unspecified atom stereocenters. The van der Waals surface area contributed by atoms with Crippen LogP contribution in [0.4, 0.5) is 4.79 Å². The van der Waals surface area contributed by atoms with Crippen molar-refractivity contribution in [3.63, 3.8) is 0 Å². The van der Waals surface area contributed by atoms with Gasteiger partial charge in [0.1, 0.15) is 6.10 Å². The zero-order valence-corrected chi connectivity index (χ0v) is 9.45. The molecule has 0 aromatic rings. The van der Waals surface area contributed by atoms with E-state index in [-0.39, 0.29) is 24.3 Å². The monoisotopic (exact) mass is 225 g/mol. The average Bonchev–Trinajstić information content (AvgIpc) is 2.73. The van der Waals surface area contributed by atoms with Gasteiger partial charge in [0.15, 0.2) is 0 Å². The van der Waals surface area contributed by atoms with E-state index in [0.717, 1.165) is 38.5 Å². The number of alkyl carbamates (subject to hydrolysis) is 1. The van der Waals surface area contributed by atoms with Crippen LogP contribution in [0.1, 0.15) is 38.5 Å². The minimum absolute atomic E-state index is 0.0850. The second-order valence-electron chi connectivity index (χ2n) is 4.61. The summed E-state index contributed by atoms with van der Waals surface area (Å²) in [7, 11) is 0. The zero-order valence-electron chi connectivity index (χ0n) is 9.45. The fourth-order valence-corrected chi connectivity index (χ4v) is 2.79. The largest absolute Gasteiger partial charge is 0.444 e. The van der Waals surface area contributed by atoms with Gasteiger partial charge in [0.25, 0.3) is 0 Å². The topological polar surface area (TPSA) is 58.6 Å². The number of ether oxygens (including phenoxy) is 1. The third kappa shape index (κ3) is 2.21. The van der Waals surface area contributed by atoms with Crippen molar-refractivity contribution in [2.45, 2.75) is 50.2 Å². The highest BCUT2D eigenvalue weighted by atomic mass is 16.6. The summed E-state index contributed by atoms with van der Waals surface area (Å²) in [5, 5.41) is 11.6. The van der Waals surface area contributed by atoms with Gasteiger partial charge in [-0.15, -0.1) is 0 Å². The Labute approximate surface area is 95.7 Å². The van der Waals surface area contributed by atoms with E-state index < -0.39 is 0 Å². The van der Waals surface area contributed by atoms with Crippen LogP contribution in [-0.2, 0) is 4.74 Å². The predicted molar refractivity (Wildman–Crippen MR) is 60.1 cm³/mol. The third-order valence-electron chi connectivity index (χ3n) is 3.57. The summed E-state index contributed by atoms with van der Waals surface area (Å²) >= 11 is 0. The lowest BCUT2D eigenvalue weighted by Crippen LogP contribution is -2.44. The molecular weight excluding hydrogens is 206 g/mol. The van der Waals surface area contributed by atoms with Crippen LogP contribution < -0.4 is 5.32 Å². The number of aliphatic hydroxyl groups excluding tert-OH is 1. The Morgan fingerprint density at radius 1 is 1.56 bits per heavy atom. The summed E-state index contributed by atoms with van der Waals surface area (Å²) in [6, 6.07) is 0. The van der Waals surface area contributed by atoms with Gasteiger partial charge in [0.2, 0.25) is 0 Å². The van der Waals surface area contributed by atoms with Crippen LogP contribution in [0.2, 0.25) is 0 Å². The van der Waals surface area contributed by atoms with Crippen molar-refractivity contribution in [1.29, 1.82) is 0 Å². The Balaban J connectivity index is 1.82. The molecule has 1 aliphatic carbocycles. The molecule has 1 saturated carbocycles. The molecule has 0 radical (unpaired) electrons.